The van der Waals surface area contributed by atoms with Gasteiger partial charge in [0.2, 0.25) is 0 Å². The number of aromatic nitrogens is 2. The van der Waals surface area contributed by atoms with Crippen LogP contribution in [-0.4, -0.2) is 21.3 Å². The summed E-state index contributed by atoms with van der Waals surface area (Å²) in [5.74, 6) is 2.32. The van der Waals surface area contributed by atoms with E-state index in [1.165, 1.54) is 5.57 Å². The van der Waals surface area contributed by atoms with Crippen LogP contribution >= 0.6 is 0 Å². The molecule has 1 heterocycles. The number of aryl methyl sites for hydroxylation is 2. The number of carbonyl (C=O) groups is 2. The summed E-state index contributed by atoms with van der Waals surface area (Å²) >= 11 is 0. The zero-order valence-corrected chi connectivity index (χ0v) is 18.1. The van der Waals surface area contributed by atoms with E-state index in [2.05, 4.69) is 25.0 Å². The van der Waals surface area contributed by atoms with Gasteiger partial charge in [0.15, 0.2) is 11.6 Å². The monoisotopic (exact) mass is 392 g/mol. The van der Waals surface area contributed by atoms with E-state index in [1.54, 1.807) is 0 Å². The zero-order chi connectivity index (χ0) is 20.6. The molecule has 4 nitrogen and oxygen atoms in total. The fourth-order valence-corrected chi connectivity index (χ4v) is 7.31. The van der Waals surface area contributed by atoms with Crippen LogP contribution in [0.4, 0.5) is 0 Å². The predicted octanol–water partition coefficient (Wildman–Crippen LogP) is 4.82. The van der Waals surface area contributed by atoms with Crippen molar-refractivity contribution in [2.75, 3.05) is 0 Å². The molecule has 3 saturated carbocycles. The van der Waals surface area contributed by atoms with Gasteiger partial charge in [0.25, 0.3) is 0 Å². The first kappa shape index (κ1) is 19.0. The highest BCUT2D eigenvalue weighted by molar-refractivity contribution is 6.06. The van der Waals surface area contributed by atoms with E-state index in [4.69, 9.17) is 0 Å². The lowest BCUT2D eigenvalue weighted by atomic mass is 9.47. The Balaban J connectivity index is 1.49. The minimum atomic E-state index is -0.217. The summed E-state index contributed by atoms with van der Waals surface area (Å²) in [5.41, 5.74) is 4.39. The minimum Gasteiger partial charge on any atom is -0.295 e. The second-order valence-corrected chi connectivity index (χ2v) is 10.5. The van der Waals surface area contributed by atoms with Crippen LogP contribution in [0.5, 0.6) is 0 Å². The molecule has 0 aliphatic heterocycles. The molecule has 0 bridgehead atoms. The molecule has 4 heteroatoms. The molecule has 0 N–H and O–H groups in total. The van der Waals surface area contributed by atoms with Crippen LogP contribution in [0.15, 0.2) is 23.4 Å². The van der Waals surface area contributed by atoms with Gasteiger partial charge < -0.3 is 0 Å². The van der Waals surface area contributed by atoms with Gasteiger partial charge in [-0.05, 0) is 86.3 Å². The molecule has 29 heavy (non-hydrogen) atoms. The maximum absolute atomic E-state index is 13.5. The van der Waals surface area contributed by atoms with Crippen molar-refractivity contribution >= 4 is 17.6 Å². The number of hydrogen-bond acceptors (Lipinski definition) is 3. The van der Waals surface area contributed by atoms with Gasteiger partial charge in [-0.1, -0.05) is 19.4 Å². The van der Waals surface area contributed by atoms with E-state index in [-0.39, 0.29) is 10.8 Å². The predicted molar refractivity (Wildman–Crippen MR) is 113 cm³/mol. The fourth-order valence-electron chi connectivity index (χ4n) is 7.31. The lowest BCUT2D eigenvalue weighted by molar-refractivity contribution is -0.130. The molecule has 0 amide bonds. The van der Waals surface area contributed by atoms with Crippen LogP contribution in [0.2, 0.25) is 0 Å². The Morgan fingerprint density at radius 2 is 1.90 bits per heavy atom. The Bertz CT molecular complexity index is 967. The SMILES string of the molecule is Cc1nn(C)cc1/C=C1/C[C@@H]2[C@H]3CCC4=CC(=O)CC[C@]4(C)[C@@H]3CC[C@@]2(C)C1=O. The van der Waals surface area contributed by atoms with Crippen molar-refractivity contribution < 1.29 is 9.59 Å². The molecular weight excluding hydrogens is 360 g/mol. The van der Waals surface area contributed by atoms with Crippen molar-refractivity contribution in [3.8, 4) is 0 Å². The van der Waals surface area contributed by atoms with Crippen molar-refractivity contribution in [2.45, 2.75) is 65.7 Å². The summed E-state index contributed by atoms with van der Waals surface area (Å²) in [5, 5.41) is 4.44. The number of fused-ring (bicyclic) bond motifs is 5. The van der Waals surface area contributed by atoms with E-state index < -0.39 is 0 Å². The number of Topliss-reactive ketones (excluding diaryl/α,β-unsaturated/α-hetero) is 1. The Kier molecular flexibility index (Phi) is 4.11. The van der Waals surface area contributed by atoms with Crippen LogP contribution in [0.3, 0.4) is 0 Å². The molecule has 1 aromatic heterocycles. The number of ketones is 2. The molecule has 4 aliphatic carbocycles. The van der Waals surface area contributed by atoms with E-state index in [1.807, 2.05) is 30.9 Å². The zero-order valence-electron chi connectivity index (χ0n) is 18.1. The van der Waals surface area contributed by atoms with Crippen molar-refractivity contribution in [1.29, 1.82) is 0 Å². The molecular formula is C25H32N2O2. The van der Waals surface area contributed by atoms with E-state index >= 15 is 0 Å². The maximum atomic E-state index is 13.5. The summed E-state index contributed by atoms with van der Waals surface area (Å²) in [6.45, 7) is 6.64. The van der Waals surface area contributed by atoms with Crippen molar-refractivity contribution in [3.63, 3.8) is 0 Å². The number of nitrogens with zero attached hydrogens (tertiary/aromatic N) is 2. The van der Waals surface area contributed by atoms with E-state index in [9.17, 15) is 9.59 Å². The highest BCUT2D eigenvalue weighted by Crippen LogP contribution is 2.65. The van der Waals surface area contributed by atoms with Gasteiger partial charge in [-0.15, -0.1) is 0 Å². The van der Waals surface area contributed by atoms with Gasteiger partial charge in [-0.25, -0.2) is 0 Å². The van der Waals surface area contributed by atoms with Gasteiger partial charge in [0.05, 0.1) is 5.69 Å². The van der Waals surface area contributed by atoms with Gasteiger partial charge >= 0.3 is 0 Å². The Morgan fingerprint density at radius 3 is 2.62 bits per heavy atom. The maximum Gasteiger partial charge on any atom is 0.165 e. The quantitative estimate of drug-likeness (QED) is 0.644. The fraction of sp³-hybridized carbons (Fsp3) is 0.640. The highest BCUT2D eigenvalue weighted by atomic mass is 16.1. The number of hydrogen-bond donors (Lipinski definition) is 0. The molecule has 1 aromatic rings. The molecule has 3 fully saturated rings. The number of carbonyl (C=O) groups excluding carboxylic acids is 2. The largest absolute Gasteiger partial charge is 0.295 e. The molecule has 0 spiro atoms. The number of rotatable bonds is 1. The first-order chi connectivity index (χ1) is 13.7. The van der Waals surface area contributed by atoms with E-state index in [0.717, 1.165) is 55.4 Å². The average Bonchev–Trinajstić information content (AvgIpc) is 3.12. The van der Waals surface area contributed by atoms with Crippen LogP contribution < -0.4 is 0 Å². The third kappa shape index (κ3) is 2.67. The summed E-state index contributed by atoms with van der Waals surface area (Å²) in [6.07, 6.45) is 12.9. The number of allylic oxidation sites excluding steroid dienone is 2. The van der Waals surface area contributed by atoms with Crippen LogP contribution in [0, 0.1) is 35.5 Å². The van der Waals surface area contributed by atoms with Gasteiger partial charge in [-0.3, -0.25) is 14.3 Å². The van der Waals surface area contributed by atoms with Crippen molar-refractivity contribution in [3.05, 3.63) is 34.7 Å². The van der Waals surface area contributed by atoms with Crippen LogP contribution in [0.25, 0.3) is 6.08 Å². The van der Waals surface area contributed by atoms with E-state index in [0.29, 0.717) is 35.7 Å². The first-order valence-corrected chi connectivity index (χ1v) is 11.2. The second-order valence-electron chi connectivity index (χ2n) is 10.5. The van der Waals surface area contributed by atoms with Gasteiger partial charge in [-0.2, -0.15) is 5.10 Å². The van der Waals surface area contributed by atoms with Crippen molar-refractivity contribution in [1.82, 2.24) is 9.78 Å². The summed E-state index contributed by atoms with van der Waals surface area (Å²) in [7, 11) is 1.93. The molecule has 0 radical (unpaired) electrons. The minimum absolute atomic E-state index is 0.160. The van der Waals surface area contributed by atoms with Crippen LogP contribution in [0.1, 0.15) is 70.1 Å². The molecule has 0 aromatic carbocycles. The third-order valence-electron chi connectivity index (χ3n) is 8.98. The normalized spacial score (nSPS) is 40.5. The third-order valence-corrected chi connectivity index (χ3v) is 8.98. The summed E-state index contributed by atoms with van der Waals surface area (Å²) in [6, 6.07) is 0. The standard InChI is InChI=1S/C25H32N2O2/c1-15-17(14-27(4)26-15)11-16-12-22-20-6-5-18-13-19(28)7-9-24(18,2)21(20)8-10-25(22,3)23(16)29/h11,13-14,20-22H,5-10,12H2,1-4H3/b16-11-/t20-,21+,22+,24-,25+/m0/s1. The highest BCUT2D eigenvalue weighted by Gasteiger charge is 2.60. The molecule has 0 saturated heterocycles. The molecule has 5 rings (SSSR count). The molecule has 5 atom stereocenters. The molecule has 154 valence electrons. The summed E-state index contributed by atoms with van der Waals surface area (Å²) in [4.78, 5) is 25.5. The molecule has 0 unspecified atom stereocenters. The Morgan fingerprint density at radius 1 is 1.10 bits per heavy atom. The van der Waals surface area contributed by atoms with Crippen LogP contribution in [-0.2, 0) is 16.6 Å². The van der Waals surface area contributed by atoms with Gasteiger partial charge in [0.1, 0.15) is 0 Å². The Labute approximate surface area is 173 Å². The van der Waals surface area contributed by atoms with Gasteiger partial charge in [0, 0.05) is 30.6 Å². The average molecular weight is 393 g/mol. The lowest BCUT2D eigenvalue weighted by Gasteiger charge is -2.56. The van der Waals surface area contributed by atoms with Crippen molar-refractivity contribution in [2.24, 2.45) is 35.6 Å². The Hall–Kier alpha value is -1.97. The second kappa shape index (κ2) is 6.26. The topological polar surface area (TPSA) is 52.0 Å². The molecule has 4 aliphatic rings. The first-order valence-electron chi connectivity index (χ1n) is 11.2. The lowest BCUT2D eigenvalue weighted by Crippen LogP contribution is -2.50. The smallest absolute Gasteiger partial charge is 0.165 e. The summed E-state index contributed by atoms with van der Waals surface area (Å²) < 4.78 is 1.83.